The Morgan fingerprint density at radius 3 is 2.43 bits per heavy atom. The Morgan fingerprint density at radius 2 is 1.95 bits per heavy atom. The molecule has 114 valence electrons. The first-order valence-corrected chi connectivity index (χ1v) is 7.61. The van der Waals surface area contributed by atoms with Crippen LogP contribution in [0.2, 0.25) is 0 Å². The number of hydrogen-bond donors (Lipinski definition) is 1. The van der Waals surface area contributed by atoms with E-state index in [9.17, 15) is 9.90 Å². The third kappa shape index (κ3) is 3.30. The maximum absolute atomic E-state index is 11.2. The molecule has 0 radical (unpaired) electrons. The summed E-state index contributed by atoms with van der Waals surface area (Å²) in [6.07, 6.45) is 1.57. The van der Waals surface area contributed by atoms with E-state index in [4.69, 9.17) is 9.31 Å². The van der Waals surface area contributed by atoms with E-state index < -0.39 is 30.1 Å². The summed E-state index contributed by atoms with van der Waals surface area (Å²) < 4.78 is 12.6. The number of nitrogens with zero attached hydrogens (tertiary/aromatic N) is 1. The van der Waals surface area contributed by atoms with E-state index in [2.05, 4.69) is 20.9 Å². The molecule has 0 aliphatic carbocycles. The lowest BCUT2D eigenvalue weighted by atomic mass is 9.66. The highest BCUT2D eigenvalue weighted by Crippen LogP contribution is 2.42. The van der Waals surface area contributed by atoms with Gasteiger partial charge in [0.2, 0.25) is 0 Å². The molecule has 0 spiro atoms. The van der Waals surface area contributed by atoms with Crippen LogP contribution >= 0.6 is 15.9 Å². The standard InChI is InChI=1S/C14H19BBrNO4/c1-13(2)14(3,4)21-15(20-13)10(8-11(18)19)9-6-5-7-17-12(9)16/h5-7,10H,8H2,1-4H3,(H,18,19). The normalized spacial score (nSPS) is 21.3. The second-order valence-corrected chi connectivity index (χ2v) is 6.96. The van der Waals surface area contributed by atoms with Gasteiger partial charge in [0, 0.05) is 12.0 Å². The molecule has 1 aliphatic rings. The van der Waals surface area contributed by atoms with E-state index in [0.717, 1.165) is 5.56 Å². The van der Waals surface area contributed by atoms with Crippen molar-refractivity contribution in [1.82, 2.24) is 4.98 Å². The summed E-state index contributed by atoms with van der Waals surface area (Å²) in [5, 5.41) is 9.21. The maximum Gasteiger partial charge on any atom is 0.466 e. The van der Waals surface area contributed by atoms with Crippen molar-refractivity contribution in [3.8, 4) is 0 Å². The number of rotatable bonds is 4. The van der Waals surface area contributed by atoms with Gasteiger partial charge in [-0.2, -0.15) is 0 Å². The number of carboxylic acids is 1. The number of aliphatic carboxylic acids is 1. The minimum atomic E-state index is -0.898. The molecule has 0 aromatic carbocycles. The van der Waals surface area contributed by atoms with Crippen LogP contribution in [-0.2, 0) is 14.1 Å². The molecule has 1 atom stereocenters. The summed E-state index contributed by atoms with van der Waals surface area (Å²) in [6, 6.07) is 3.62. The minimum absolute atomic E-state index is 0.0822. The molecule has 5 nitrogen and oxygen atoms in total. The van der Waals surface area contributed by atoms with Gasteiger partial charge in [0.25, 0.3) is 0 Å². The van der Waals surface area contributed by atoms with Crippen LogP contribution in [0.4, 0.5) is 0 Å². The number of hydrogen-bond acceptors (Lipinski definition) is 4. The summed E-state index contributed by atoms with van der Waals surface area (Å²) in [6.45, 7) is 7.79. The number of carboxylic acid groups (broad SMARTS) is 1. The molecule has 0 bridgehead atoms. The second-order valence-electron chi connectivity index (χ2n) is 6.21. The molecule has 1 fully saturated rings. The molecular weight excluding hydrogens is 337 g/mol. The van der Waals surface area contributed by atoms with Crippen LogP contribution in [-0.4, -0.2) is 34.4 Å². The molecule has 7 heteroatoms. The summed E-state index contributed by atoms with van der Waals surface area (Å²) in [7, 11) is -0.619. The van der Waals surface area contributed by atoms with Crippen LogP contribution in [0.25, 0.3) is 0 Å². The smallest absolute Gasteiger partial charge is 0.466 e. The Morgan fingerprint density at radius 1 is 1.38 bits per heavy atom. The lowest BCUT2D eigenvalue weighted by molar-refractivity contribution is -0.137. The highest BCUT2D eigenvalue weighted by atomic mass is 79.9. The molecule has 21 heavy (non-hydrogen) atoms. The van der Waals surface area contributed by atoms with Gasteiger partial charge in [0.15, 0.2) is 0 Å². The first-order chi connectivity index (χ1) is 9.64. The lowest BCUT2D eigenvalue weighted by Crippen LogP contribution is -2.41. The Kier molecular flexibility index (Phi) is 4.47. The number of pyridine rings is 1. The Balaban J connectivity index is 2.35. The molecule has 2 rings (SSSR count). The van der Waals surface area contributed by atoms with Crippen LogP contribution in [0.1, 0.15) is 45.5 Å². The first kappa shape index (κ1) is 16.5. The van der Waals surface area contributed by atoms with Crippen LogP contribution in [0.5, 0.6) is 0 Å². The molecule has 1 N–H and O–H groups in total. The SMILES string of the molecule is CC1(C)OB(C(CC(=O)O)c2cccnc2Br)OC1(C)C. The molecular formula is C14H19BBrNO4. The van der Waals surface area contributed by atoms with Gasteiger partial charge in [-0.3, -0.25) is 4.79 Å². The van der Waals surface area contributed by atoms with Gasteiger partial charge in [-0.1, -0.05) is 6.07 Å². The fourth-order valence-corrected chi connectivity index (χ4v) is 2.81. The zero-order valence-electron chi connectivity index (χ0n) is 12.6. The van der Waals surface area contributed by atoms with Crippen molar-refractivity contribution in [3.05, 3.63) is 28.5 Å². The maximum atomic E-state index is 11.2. The van der Waals surface area contributed by atoms with Gasteiger partial charge in [0.1, 0.15) is 4.60 Å². The van der Waals surface area contributed by atoms with E-state index in [-0.39, 0.29) is 6.42 Å². The van der Waals surface area contributed by atoms with Crippen molar-refractivity contribution in [3.63, 3.8) is 0 Å². The van der Waals surface area contributed by atoms with Crippen LogP contribution in [0.3, 0.4) is 0 Å². The Labute approximate surface area is 133 Å². The predicted molar refractivity (Wildman–Crippen MR) is 83.0 cm³/mol. The van der Waals surface area contributed by atoms with E-state index in [0.29, 0.717) is 4.60 Å². The fourth-order valence-electron chi connectivity index (χ4n) is 2.27. The largest absolute Gasteiger partial charge is 0.481 e. The predicted octanol–water partition coefficient (Wildman–Crippen LogP) is 3.03. The topological polar surface area (TPSA) is 68.7 Å². The Bertz CT molecular complexity index is 534. The third-order valence-corrected chi connectivity index (χ3v) is 4.84. The van der Waals surface area contributed by atoms with Crippen LogP contribution in [0, 0.1) is 0 Å². The average molecular weight is 356 g/mol. The summed E-state index contributed by atoms with van der Waals surface area (Å²) in [4.78, 5) is 15.4. The highest BCUT2D eigenvalue weighted by Gasteiger charge is 2.54. The van der Waals surface area contributed by atoms with Gasteiger partial charge in [-0.25, -0.2) is 4.98 Å². The molecule has 1 unspecified atom stereocenters. The highest BCUT2D eigenvalue weighted by molar-refractivity contribution is 9.10. The Hall–Kier alpha value is -0.915. The van der Waals surface area contributed by atoms with Gasteiger partial charge in [0.05, 0.1) is 17.6 Å². The van der Waals surface area contributed by atoms with E-state index >= 15 is 0 Å². The van der Waals surface area contributed by atoms with E-state index in [1.54, 1.807) is 12.3 Å². The van der Waals surface area contributed by atoms with Crippen LogP contribution in [0.15, 0.2) is 22.9 Å². The van der Waals surface area contributed by atoms with Gasteiger partial charge >= 0.3 is 13.1 Å². The zero-order valence-corrected chi connectivity index (χ0v) is 14.2. The zero-order chi connectivity index (χ0) is 15.8. The lowest BCUT2D eigenvalue weighted by Gasteiger charge is -2.32. The number of carbonyl (C=O) groups is 1. The van der Waals surface area contributed by atoms with E-state index in [1.807, 2.05) is 33.8 Å². The molecule has 0 saturated carbocycles. The molecule has 0 amide bonds. The van der Waals surface area contributed by atoms with Crippen molar-refractivity contribution in [2.24, 2.45) is 0 Å². The van der Waals surface area contributed by atoms with Gasteiger partial charge in [-0.05, 0) is 55.3 Å². The molecule has 1 saturated heterocycles. The van der Waals surface area contributed by atoms with Crippen molar-refractivity contribution in [1.29, 1.82) is 0 Å². The fraction of sp³-hybridized carbons (Fsp3) is 0.571. The summed E-state index contributed by atoms with van der Waals surface area (Å²) >= 11 is 3.38. The van der Waals surface area contributed by atoms with Crippen molar-refractivity contribution >= 4 is 29.0 Å². The van der Waals surface area contributed by atoms with Gasteiger partial charge < -0.3 is 14.4 Å². The third-order valence-electron chi connectivity index (χ3n) is 4.18. The number of aromatic nitrogens is 1. The quantitative estimate of drug-likeness (QED) is 0.664. The summed E-state index contributed by atoms with van der Waals surface area (Å²) in [5.41, 5.74) is -0.218. The summed E-state index contributed by atoms with van der Waals surface area (Å²) in [5.74, 6) is -1.32. The second kappa shape index (κ2) is 5.70. The molecule has 1 aromatic rings. The first-order valence-electron chi connectivity index (χ1n) is 6.82. The van der Waals surface area contributed by atoms with Crippen LogP contribution < -0.4 is 0 Å². The molecule has 1 aliphatic heterocycles. The van der Waals surface area contributed by atoms with Crippen molar-refractivity contribution < 1.29 is 19.2 Å². The minimum Gasteiger partial charge on any atom is -0.481 e. The molecule has 2 heterocycles. The van der Waals surface area contributed by atoms with E-state index in [1.165, 1.54) is 0 Å². The van der Waals surface area contributed by atoms with Crippen molar-refractivity contribution in [2.75, 3.05) is 0 Å². The van der Waals surface area contributed by atoms with Gasteiger partial charge in [-0.15, -0.1) is 0 Å². The molecule has 1 aromatic heterocycles. The average Bonchev–Trinajstić information content (AvgIpc) is 2.56. The number of halogens is 1. The van der Waals surface area contributed by atoms with Crippen molar-refractivity contribution in [2.45, 2.75) is 51.1 Å². The monoisotopic (exact) mass is 355 g/mol.